The number of methoxy groups -OCH3 is 2. The van der Waals surface area contributed by atoms with Gasteiger partial charge in [0.15, 0.2) is 0 Å². The number of carbonyl (C=O) groups excluding carboxylic acids is 1. The first-order valence-corrected chi connectivity index (χ1v) is 10.4. The maximum atomic E-state index is 11.5. The molecular formula is C25H28N2O3. The number of aromatic amines is 1. The highest BCUT2D eigenvalue weighted by molar-refractivity contribution is 5.90. The number of allylic oxidation sites excluding steroid dienone is 1. The highest BCUT2D eigenvalue weighted by Crippen LogP contribution is 2.33. The number of hydrogen-bond donors (Lipinski definition) is 2. The number of fused-ring (bicyclic) bond motifs is 2. The van der Waals surface area contributed by atoms with Gasteiger partial charge >= 0.3 is 5.97 Å². The van der Waals surface area contributed by atoms with E-state index in [1.165, 1.54) is 29.2 Å². The number of esters is 1. The van der Waals surface area contributed by atoms with Crippen LogP contribution in [0.2, 0.25) is 0 Å². The number of hydrogen-bond acceptors (Lipinski definition) is 4. The molecule has 0 saturated carbocycles. The Hall–Kier alpha value is -3.05. The molecule has 1 unspecified atom stereocenters. The smallest absolute Gasteiger partial charge is 0.330 e. The Labute approximate surface area is 177 Å². The summed E-state index contributed by atoms with van der Waals surface area (Å²) in [6.07, 6.45) is 6.76. The first kappa shape index (κ1) is 20.2. The minimum Gasteiger partial charge on any atom is -0.497 e. The molecule has 0 amide bonds. The number of nitrogens with one attached hydrogen (secondary N) is 2. The molecule has 0 bridgehead atoms. The van der Waals surface area contributed by atoms with Crippen LogP contribution in [0.15, 0.2) is 48.7 Å². The van der Waals surface area contributed by atoms with Crippen molar-refractivity contribution in [3.63, 3.8) is 0 Å². The number of aryl methyl sites for hydroxylation is 1. The van der Waals surface area contributed by atoms with E-state index in [-0.39, 0.29) is 5.97 Å². The van der Waals surface area contributed by atoms with Crippen molar-refractivity contribution in [2.75, 3.05) is 20.8 Å². The van der Waals surface area contributed by atoms with Crippen LogP contribution in [0, 0.1) is 0 Å². The van der Waals surface area contributed by atoms with Gasteiger partial charge in [-0.1, -0.05) is 18.2 Å². The maximum Gasteiger partial charge on any atom is 0.330 e. The van der Waals surface area contributed by atoms with Gasteiger partial charge in [0.25, 0.3) is 0 Å². The molecule has 1 aromatic heterocycles. The number of benzene rings is 2. The van der Waals surface area contributed by atoms with Gasteiger partial charge in [0, 0.05) is 35.3 Å². The molecule has 2 aromatic carbocycles. The number of rotatable bonds is 7. The van der Waals surface area contributed by atoms with Crippen molar-refractivity contribution in [2.24, 2.45) is 0 Å². The minimum atomic E-state index is -0.316. The van der Waals surface area contributed by atoms with Crippen LogP contribution < -0.4 is 10.1 Å². The lowest BCUT2D eigenvalue weighted by molar-refractivity contribution is -0.134. The van der Waals surface area contributed by atoms with Crippen molar-refractivity contribution >= 4 is 22.4 Å². The van der Waals surface area contributed by atoms with Gasteiger partial charge in [-0.2, -0.15) is 0 Å². The highest BCUT2D eigenvalue weighted by Gasteiger charge is 2.22. The van der Waals surface area contributed by atoms with Crippen LogP contribution >= 0.6 is 0 Å². The summed E-state index contributed by atoms with van der Waals surface area (Å²) in [6, 6.07) is 13.0. The largest absolute Gasteiger partial charge is 0.497 e. The predicted octanol–water partition coefficient (Wildman–Crippen LogP) is 4.57. The molecule has 0 spiro atoms. The number of aromatic nitrogens is 1. The molecule has 30 heavy (non-hydrogen) atoms. The summed E-state index contributed by atoms with van der Waals surface area (Å²) in [5.74, 6) is 0.552. The first-order valence-electron chi connectivity index (χ1n) is 10.4. The summed E-state index contributed by atoms with van der Waals surface area (Å²) in [5.41, 5.74) is 7.16. The molecule has 3 aromatic rings. The quantitative estimate of drug-likeness (QED) is 0.447. The van der Waals surface area contributed by atoms with Gasteiger partial charge in [-0.15, -0.1) is 0 Å². The second-order valence-corrected chi connectivity index (χ2v) is 7.78. The Bertz CT molecular complexity index is 1100. The summed E-state index contributed by atoms with van der Waals surface area (Å²) in [4.78, 5) is 14.8. The molecule has 1 heterocycles. The van der Waals surface area contributed by atoms with Crippen LogP contribution in [0.4, 0.5) is 0 Å². The number of ether oxygens (including phenoxy) is 2. The molecule has 1 aliphatic carbocycles. The monoisotopic (exact) mass is 404 g/mol. The highest BCUT2D eigenvalue weighted by atomic mass is 16.5. The lowest BCUT2D eigenvalue weighted by atomic mass is 10.00. The van der Waals surface area contributed by atoms with Crippen LogP contribution in [0.25, 0.3) is 16.5 Å². The molecule has 4 rings (SSSR count). The van der Waals surface area contributed by atoms with E-state index in [1.54, 1.807) is 13.2 Å². The normalized spacial score (nSPS) is 16.0. The Morgan fingerprint density at radius 3 is 2.90 bits per heavy atom. The van der Waals surface area contributed by atoms with Gasteiger partial charge in [0.2, 0.25) is 0 Å². The zero-order chi connectivity index (χ0) is 21.1. The predicted molar refractivity (Wildman–Crippen MR) is 120 cm³/mol. The SMILES string of the molecule is COC(=O)/C=C(\C)c1ccc2c(c1)CCC2NCCc1c[nH]c2cc(OC)ccc12. The summed E-state index contributed by atoms with van der Waals surface area (Å²) in [6.45, 7) is 2.87. The van der Waals surface area contributed by atoms with Crippen molar-refractivity contribution < 1.29 is 14.3 Å². The first-order chi connectivity index (χ1) is 14.6. The summed E-state index contributed by atoms with van der Waals surface area (Å²) >= 11 is 0. The zero-order valence-electron chi connectivity index (χ0n) is 17.7. The van der Waals surface area contributed by atoms with E-state index in [0.29, 0.717) is 6.04 Å². The zero-order valence-corrected chi connectivity index (χ0v) is 17.7. The fraction of sp³-hybridized carbons (Fsp3) is 0.320. The van der Waals surface area contributed by atoms with Crippen LogP contribution in [-0.2, 0) is 22.4 Å². The van der Waals surface area contributed by atoms with Gasteiger partial charge in [-0.05, 0) is 72.7 Å². The van der Waals surface area contributed by atoms with Crippen LogP contribution in [-0.4, -0.2) is 31.7 Å². The third-order valence-electron chi connectivity index (χ3n) is 5.97. The Kier molecular flexibility index (Phi) is 5.91. The Morgan fingerprint density at radius 1 is 1.23 bits per heavy atom. The van der Waals surface area contributed by atoms with Gasteiger partial charge in [-0.3, -0.25) is 0 Å². The van der Waals surface area contributed by atoms with Crippen molar-refractivity contribution in [3.8, 4) is 5.75 Å². The van der Waals surface area contributed by atoms with Crippen molar-refractivity contribution in [3.05, 3.63) is 70.9 Å². The second-order valence-electron chi connectivity index (χ2n) is 7.78. The van der Waals surface area contributed by atoms with E-state index in [9.17, 15) is 4.79 Å². The van der Waals surface area contributed by atoms with Crippen molar-refractivity contribution in [1.82, 2.24) is 10.3 Å². The van der Waals surface area contributed by atoms with Crippen molar-refractivity contribution in [1.29, 1.82) is 0 Å². The molecule has 0 aliphatic heterocycles. The molecule has 156 valence electrons. The molecule has 0 fully saturated rings. The lowest BCUT2D eigenvalue weighted by Crippen LogP contribution is -2.21. The topological polar surface area (TPSA) is 63.3 Å². The van der Waals surface area contributed by atoms with E-state index >= 15 is 0 Å². The Morgan fingerprint density at radius 2 is 2.10 bits per heavy atom. The molecular weight excluding hydrogens is 376 g/mol. The van der Waals surface area contributed by atoms with Gasteiger partial charge in [0.1, 0.15) is 5.75 Å². The van der Waals surface area contributed by atoms with Crippen LogP contribution in [0.5, 0.6) is 5.75 Å². The van der Waals surface area contributed by atoms with Gasteiger partial charge < -0.3 is 19.8 Å². The summed E-state index contributed by atoms with van der Waals surface area (Å²) < 4.78 is 10.0. The molecule has 1 atom stereocenters. The second kappa shape index (κ2) is 8.76. The molecule has 1 aliphatic rings. The fourth-order valence-electron chi connectivity index (χ4n) is 4.27. The minimum absolute atomic E-state index is 0.316. The standard InChI is InChI=1S/C25H28N2O3/c1-16(12-25(28)30-3)17-4-7-21-18(13-17)5-9-23(21)26-11-10-19-15-27-24-14-20(29-2)6-8-22(19)24/h4,6-8,12-15,23,26-27H,5,9-11H2,1-3H3/b16-12+. The van der Waals surface area contributed by atoms with E-state index in [4.69, 9.17) is 9.47 Å². The van der Waals surface area contributed by atoms with Crippen LogP contribution in [0.1, 0.15) is 41.6 Å². The van der Waals surface area contributed by atoms with E-state index in [1.807, 2.05) is 19.1 Å². The lowest BCUT2D eigenvalue weighted by Gasteiger charge is -2.14. The van der Waals surface area contributed by atoms with Gasteiger partial charge in [0.05, 0.1) is 14.2 Å². The third-order valence-corrected chi connectivity index (χ3v) is 5.97. The van der Waals surface area contributed by atoms with Crippen molar-refractivity contribution in [2.45, 2.75) is 32.2 Å². The maximum absolute atomic E-state index is 11.5. The molecule has 0 radical (unpaired) electrons. The third kappa shape index (κ3) is 4.12. The van der Waals surface area contributed by atoms with Crippen LogP contribution in [0.3, 0.4) is 0 Å². The molecule has 0 saturated heterocycles. The molecule has 5 heteroatoms. The molecule has 2 N–H and O–H groups in total. The Balaban J connectivity index is 1.40. The van der Waals surface area contributed by atoms with E-state index in [0.717, 1.165) is 48.2 Å². The summed E-state index contributed by atoms with van der Waals surface area (Å²) in [7, 11) is 3.09. The van der Waals surface area contributed by atoms with E-state index in [2.05, 4.69) is 40.8 Å². The number of H-pyrrole nitrogens is 1. The average Bonchev–Trinajstić information content (AvgIpc) is 3.36. The summed E-state index contributed by atoms with van der Waals surface area (Å²) in [5, 5.41) is 4.98. The average molecular weight is 405 g/mol. The number of carbonyl (C=O) groups is 1. The fourth-order valence-corrected chi connectivity index (χ4v) is 4.27. The molecule has 5 nitrogen and oxygen atoms in total. The van der Waals surface area contributed by atoms with Gasteiger partial charge in [-0.25, -0.2) is 4.79 Å². The van der Waals surface area contributed by atoms with E-state index < -0.39 is 0 Å².